The molecule has 3 aliphatic rings. The lowest BCUT2D eigenvalue weighted by Gasteiger charge is -2.38. The molecular weight excluding hydrogens is 416 g/mol. The van der Waals surface area contributed by atoms with Crippen LogP contribution in [0.4, 0.5) is 11.4 Å². The van der Waals surface area contributed by atoms with Crippen LogP contribution in [0.15, 0.2) is 36.4 Å². The first-order chi connectivity index (χ1) is 15.9. The van der Waals surface area contributed by atoms with E-state index >= 15 is 0 Å². The Morgan fingerprint density at radius 2 is 2.03 bits per heavy atom. The minimum atomic E-state index is -0.525. The van der Waals surface area contributed by atoms with Gasteiger partial charge in [0.2, 0.25) is 5.91 Å². The summed E-state index contributed by atoms with van der Waals surface area (Å²) >= 11 is 0. The minimum absolute atomic E-state index is 0.0549. The van der Waals surface area contributed by atoms with E-state index in [-0.39, 0.29) is 11.9 Å². The summed E-state index contributed by atoms with van der Waals surface area (Å²) in [5.41, 5.74) is 4.09. The highest BCUT2D eigenvalue weighted by molar-refractivity contribution is 6.06. The standard InChI is InChI=1S/C26H30N4O3/c1-17(2)30-23-6-4-20(14-19(23)15-24(30)31)33-12-11-29-9-7-26(8-10-29)21-13-18(16-27)3-5-22(21)28-25(26)32/h3-6,13-14,17,24,31H,7-12,15H2,1-2H3,(H,28,32). The number of nitrogens with one attached hydrogen (secondary N) is 1. The Morgan fingerprint density at radius 1 is 1.24 bits per heavy atom. The van der Waals surface area contributed by atoms with Crippen molar-refractivity contribution in [3.63, 3.8) is 0 Å². The van der Waals surface area contributed by atoms with Gasteiger partial charge in [0, 0.05) is 30.4 Å². The smallest absolute Gasteiger partial charge is 0.235 e. The maximum Gasteiger partial charge on any atom is 0.235 e. The normalized spacial score (nSPS) is 21.1. The summed E-state index contributed by atoms with van der Waals surface area (Å²) in [6.07, 6.45) is 1.62. The number of hydrogen-bond acceptors (Lipinski definition) is 6. The summed E-state index contributed by atoms with van der Waals surface area (Å²) in [5, 5.41) is 22.6. The predicted octanol–water partition coefficient (Wildman–Crippen LogP) is 3.01. The molecule has 33 heavy (non-hydrogen) atoms. The second-order valence-corrected chi connectivity index (χ2v) is 9.57. The highest BCUT2D eigenvalue weighted by Crippen LogP contribution is 2.45. The van der Waals surface area contributed by atoms with Crippen LogP contribution in [0.2, 0.25) is 0 Å². The van der Waals surface area contributed by atoms with Crippen LogP contribution in [0, 0.1) is 11.3 Å². The number of aliphatic hydroxyl groups is 1. The third kappa shape index (κ3) is 3.73. The molecule has 3 heterocycles. The minimum Gasteiger partial charge on any atom is -0.492 e. The van der Waals surface area contributed by atoms with Crippen LogP contribution in [-0.2, 0) is 16.6 Å². The number of anilines is 2. The Morgan fingerprint density at radius 3 is 2.76 bits per heavy atom. The topological polar surface area (TPSA) is 88.8 Å². The molecule has 1 atom stereocenters. The number of carbonyl (C=O) groups excluding carboxylic acids is 1. The van der Waals surface area contributed by atoms with Crippen molar-refractivity contribution in [2.24, 2.45) is 0 Å². The van der Waals surface area contributed by atoms with E-state index in [1.54, 1.807) is 6.07 Å². The molecule has 5 rings (SSSR count). The number of piperidine rings is 1. The fourth-order valence-corrected chi connectivity index (χ4v) is 5.58. The van der Waals surface area contributed by atoms with Gasteiger partial charge in [-0.3, -0.25) is 9.69 Å². The second-order valence-electron chi connectivity index (χ2n) is 9.57. The maximum absolute atomic E-state index is 12.8. The predicted molar refractivity (Wildman–Crippen MR) is 126 cm³/mol. The molecule has 0 radical (unpaired) electrons. The van der Waals surface area contributed by atoms with Crippen molar-refractivity contribution in [3.05, 3.63) is 53.1 Å². The van der Waals surface area contributed by atoms with Crippen LogP contribution in [0.25, 0.3) is 0 Å². The Bertz CT molecular complexity index is 1120. The van der Waals surface area contributed by atoms with Gasteiger partial charge >= 0.3 is 0 Å². The van der Waals surface area contributed by atoms with Crippen LogP contribution in [-0.4, -0.2) is 54.4 Å². The van der Waals surface area contributed by atoms with E-state index in [4.69, 9.17) is 4.74 Å². The molecule has 0 bridgehead atoms. The van der Waals surface area contributed by atoms with E-state index in [1.165, 1.54) is 0 Å². The van der Waals surface area contributed by atoms with Crippen molar-refractivity contribution < 1.29 is 14.6 Å². The van der Waals surface area contributed by atoms with Crippen LogP contribution < -0.4 is 15.0 Å². The molecule has 2 N–H and O–H groups in total. The number of aliphatic hydroxyl groups excluding tert-OH is 1. The third-order valence-corrected chi connectivity index (χ3v) is 7.34. The van der Waals surface area contributed by atoms with Crippen molar-refractivity contribution in [1.29, 1.82) is 5.26 Å². The van der Waals surface area contributed by atoms with Gasteiger partial charge in [0.05, 0.1) is 17.0 Å². The zero-order valence-electron chi connectivity index (χ0n) is 19.2. The van der Waals surface area contributed by atoms with Gasteiger partial charge in [-0.25, -0.2) is 0 Å². The van der Waals surface area contributed by atoms with E-state index in [9.17, 15) is 15.2 Å². The SMILES string of the molecule is CC(C)N1c2ccc(OCCN3CCC4(CC3)C(=O)Nc3ccc(C#N)cc34)cc2CC1O. The lowest BCUT2D eigenvalue weighted by Crippen LogP contribution is -2.47. The van der Waals surface area contributed by atoms with Crippen molar-refractivity contribution in [3.8, 4) is 11.8 Å². The largest absolute Gasteiger partial charge is 0.492 e. The number of benzene rings is 2. The number of fused-ring (bicyclic) bond motifs is 3. The molecule has 1 fully saturated rings. The molecule has 1 amide bonds. The number of hydrogen-bond donors (Lipinski definition) is 2. The average Bonchev–Trinajstić information content (AvgIpc) is 3.27. The summed E-state index contributed by atoms with van der Waals surface area (Å²) in [4.78, 5) is 17.2. The van der Waals surface area contributed by atoms with Crippen molar-refractivity contribution >= 4 is 17.3 Å². The van der Waals surface area contributed by atoms with Gasteiger partial charge in [0.1, 0.15) is 18.6 Å². The zero-order valence-corrected chi connectivity index (χ0v) is 19.2. The van der Waals surface area contributed by atoms with Crippen LogP contribution in [0.5, 0.6) is 5.75 Å². The highest BCUT2D eigenvalue weighted by atomic mass is 16.5. The third-order valence-electron chi connectivity index (χ3n) is 7.34. The first-order valence-electron chi connectivity index (χ1n) is 11.7. The number of carbonyl (C=O) groups is 1. The lowest BCUT2D eigenvalue weighted by molar-refractivity contribution is -0.122. The van der Waals surface area contributed by atoms with E-state index in [2.05, 4.69) is 30.1 Å². The summed E-state index contributed by atoms with van der Waals surface area (Å²) in [5.74, 6) is 0.882. The molecular formula is C26H30N4O3. The Balaban J connectivity index is 1.17. The molecule has 1 spiro atoms. The molecule has 172 valence electrons. The number of likely N-dealkylation sites (tertiary alicyclic amines) is 1. The molecule has 7 heteroatoms. The second kappa shape index (κ2) is 8.36. The summed E-state index contributed by atoms with van der Waals surface area (Å²) < 4.78 is 6.03. The number of nitriles is 1. The number of rotatable bonds is 5. The monoisotopic (exact) mass is 446 g/mol. The average molecular weight is 447 g/mol. The van der Waals surface area contributed by atoms with Gasteiger partial charge in [0.25, 0.3) is 0 Å². The zero-order chi connectivity index (χ0) is 23.2. The quantitative estimate of drug-likeness (QED) is 0.734. The van der Waals surface area contributed by atoms with Crippen LogP contribution >= 0.6 is 0 Å². The summed E-state index contributed by atoms with van der Waals surface area (Å²) in [6.45, 7) is 7.16. The Hall–Kier alpha value is -3.08. The van der Waals surface area contributed by atoms with Crippen LogP contribution in [0.3, 0.4) is 0 Å². The van der Waals surface area contributed by atoms with E-state index in [0.717, 1.165) is 60.7 Å². The Labute approximate surface area is 194 Å². The van der Waals surface area contributed by atoms with Gasteiger partial charge in [0.15, 0.2) is 0 Å². The van der Waals surface area contributed by atoms with Gasteiger partial charge in [-0.15, -0.1) is 0 Å². The molecule has 0 saturated carbocycles. The van der Waals surface area contributed by atoms with Crippen molar-refractivity contribution in [2.45, 2.75) is 50.8 Å². The summed E-state index contributed by atoms with van der Waals surface area (Å²) in [6, 6.07) is 14.0. The summed E-state index contributed by atoms with van der Waals surface area (Å²) in [7, 11) is 0. The van der Waals surface area contributed by atoms with Gasteiger partial charge in [-0.05, 0) is 87.3 Å². The fraction of sp³-hybridized carbons (Fsp3) is 0.462. The van der Waals surface area contributed by atoms with Gasteiger partial charge in [-0.2, -0.15) is 5.26 Å². The molecule has 0 aliphatic carbocycles. The van der Waals surface area contributed by atoms with E-state index in [0.29, 0.717) is 18.6 Å². The molecule has 0 aromatic heterocycles. The van der Waals surface area contributed by atoms with Crippen molar-refractivity contribution in [1.82, 2.24) is 4.90 Å². The molecule has 2 aromatic carbocycles. The highest BCUT2D eigenvalue weighted by Gasteiger charge is 2.48. The van der Waals surface area contributed by atoms with Crippen LogP contribution in [0.1, 0.15) is 43.4 Å². The number of nitrogens with zero attached hydrogens (tertiary/aromatic N) is 3. The lowest BCUT2D eigenvalue weighted by atomic mass is 9.73. The first-order valence-corrected chi connectivity index (χ1v) is 11.7. The Kier molecular flexibility index (Phi) is 5.51. The number of ether oxygens (including phenoxy) is 1. The van der Waals surface area contributed by atoms with Gasteiger partial charge < -0.3 is 20.1 Å². The van der Waals surface area contributed by atoms with Crippen molar-refractivity contribution in [2.75, 3.05) is 36.5 Å². The fourth-order valence-electron chi connectivity index (χ4n) is 5.58. The molecule has 1 saturated heterocycles. The molecule has 1 unspecified atom stereocenters. The molecule has 7 nitrogen and oxygen atoms in total. The maximum atomic E-state index is 12.8. The van der Waals surface area contributed by atoms with Gasteiger partial charge in [-0.1, -0.05) is 0 Å². The molecule has 3 aliphatic heterocycles. The first kappa shape index (κ1) is 21.7. The number of amides is 1. The van der Waals surface area contributed by atoms with E-state index < -0.39 is 11.6 Å². The molecule has 2 aromatic rings. The van der Waals surface area contributed by atoms with E-state index in [1.807, 2.05) is 35.2 Å².